The van der Waals surface area contributed by atoms with E-state index in [1.165, 1.54) is 6.42 Å². The van der Waals surface area contributed by atoms with Crippen LogP contribution in [0.3, 0.4) is 0 Å². The van der Waals surface area contributed by atoms with Gasteiger partial charge in [0, 0.05) is 38.3 Å². The maximum Gasteiger partial charge on any atom is 0.317 e. The number of rotatable bonds is 4. The molecular weight excluding hydrogens is 192 g/mol. The summed E-state index contributed by atoms with van der Waals surface area (Å²) >= 11 is 0. The zero-order chi connectivity index (χ0) is 10.7. The maximum atomic E-state index is 11.3. The van der Waals surface area contributed by atoms with Crippen molar-refractivity contribution in [2.45, 2.75) is 18.9 Å². The van der Waals surface area contributed by atoms with E-state index in [-0.39, 0.29) is 11.6 Å². The van der Waals surface area contributed by atoms with Crippen molar-refractivity contribution in [1.29, 1.82) is 0 Å². The van der Waals surface area contributed by atoms with Gasteiger partial charge in [0.2, 0.25) is 0 Å². The van der Waals surface area contributed by atoms with Gasteiger partial charge in [0.15, 0.2) is 0 Å². The van der Waals surface area contributed by atoms with E-state index in [9.17, 15) is 4.79 Å². The zero-order valence-corrected chi connectivity index (χ0v) is 9.31. The normalized spacial score (nSPS) is 31.0. The summed E-state index contributed by atoms with van der Waals surface area (Å²) in [5.74, 6) is 0. The van der Waals surface area contributed by atoms with Gasteiger partial charge in [-0.25, -0.2) is 4.79 Å². The van der Waals surface area contributed by atoms with Crippen LogP contribution in [-0.4, -0.2) is 55.7 Å². The fourth-order valence-electron chi connectivity index (χ4n) is 2.18. The van der Waals surface area contributed by atoms with Crippen LogP contribution in [-0.2, 0) is 0 Å². The first kappa shape index (κ1) is 10.7. The van der Waals surface area contributed by atoms with Crippen LogP contribution in [0.2, 0.25) is 0 Å². The van der Waals surface area contributed by atoms with Crippen LogP contribution in [0, 0.1) is 0 Å². The Balaban J connectivity index is 1.68. The Kier molecular flexibility index (Phi) is 3.11. The van der Waals surface area contributed by atoms with Crippen molar-refractivity contribution in [3.63, 3.8) is 0 Å². The van der Waals surface area contributed by atoms with E-state index in [1.54, 1.807) is 0 Å². The van der Waals surface area contributed by atoms with Crippen LogP contribution in [0.5, 0.6) is 0 Å². The van der Waals surface area contributed by atoms with Gasteiger partial charge < -0.3 is 20.9 Å². The fraction of sp³-hybridized carbons (Fsp3) is 0.900. The van der Waals surface area contributed by atoms with Gasteiger partial charge in [-0.3, -0.25) is 0 Å². The molecule has 0 aliphatic carbocycles. The predicted octanol–water partition coefficient (Wildman–Crippen LogP) is -0.647. The van der Waals surface area contributed by atoms with Crippen LogP contribution in [0.4, 0.5) is 4.79 Å². The van der Waals surface area contributed by atoms with Crippen molar-refractivity contribution >= 4 is 6.03 Å². The summed E-state index contributed by atoms with van der Waals surface area (Å²) in [6.07, 6.45) is 1.17. The third-order valence-corrected chi connectivity index (χ3v) is 3.25. The SMILES string of the molecule is CC1(NCCN2CCNC2=O)CCNC1. The van der Waals surface area contributed by atoms with Gasteiger partial charge >= 0.3 is 6.03 Å². The average Bonchev–Trinajstić information content (AvgIpc) is 2.78. The number of hydrogen-bond acceptors (Lipinski definition) is 3. The molecule has 2 rings (SSSR count). The Morgan fingerprint density at radius 1 is 1.53 bits per heavy atom. The second-order valence-electron chi connectivity index (χ2n) is 4.63. The van der Waals surface area contributed by atoms with Gasteiger partial charge in [0.25, 0.3) is 0 Å². The van der Waals surface area contributed by atoms with Gasteiger partial charge in [0.1, 0.15) is 0 Å². The molecule has 1 unspecified atom stereocenters. The highest BCUT2D eigenvalue weighted by atomic mass is 16.2. The Morgan fingerprint density at radius 3 is 3.00 bits per heavy atom. The van der Waals surface area contributed by atoms with Gasteiger partial charge in [-0.15, -0.1) is 0 Å². The van der Waals surface area contributed by atoms with Crippen molar-refractivity contribution in [3.8, 4) is 0 Å². The Hall–Kier alpha value is -0.810. The molecular formula is C10H20N4O. The monoisotopic (exact) mass is 212 g/mol. The van der Waals surface area contributed by atoms with E-state index in [4.69, 9.17) is 0 Å². The largest absolute Gasteiger partial charge is 0.336 e. The van der Waals surface area contributed by atoms with Gasteiger partial charge in [0.05, 0.1) is 0 Å². The van der Waals surface area contributed by atoms with E-state index < -0.39 is 0 Å². The summed E-state index contributed by atoms with van der Waals surface area (Å²) in [6, 6.07) is 0.0755. The molecule has 2 saturated heterocycles. The molecule has 15 heavy (non-hydrogen) atoms. The molecule has 2 fully saturated rings. The molecule has 86 valence electrons. The van der Waals surface area contributed by atoms with Crippen LogP contribution in [0.15, 0.2) is 0 Å². The summed E-state index contributed by atoms with van der Waals surface area (Å²) < 4.78 is 0. The summed E-state index contributed by atoms with van der Waals surface area (Å²) in [7, 11) is 0. The third-order valence-electron chi connectivity index (χ3n) is 3.25. The minimum atomic E-state index is 0.0755. The molecule has 0 aromatic rings. The van der Waals surface area contributed by atoms with E-state index in [0.29, 0.717) is 0 Å². The van der Waals surface area contributed by atoms with Gasteiger partial charge in [-0.2, -0.15) is 0 Å². The molecule has 5 heteroatoms. The number of hydrogen-bond donors (Lipinski definition) is 3. The molecule has 0 aromatic heterocycles. The summed E-state index contributed by atoms with van der Waals surface area (Å²) in [6.45, 7) is 7.67. The van der Waals surface area contributed by atoms with E-state index in [1.807, 2.05) is 4.90 Å². The van der Waals surface area contributed by atoms with Crippen molar-refractivity contribution in [2.24, 2.45) is 0 Å². The Morgan fingerprint density at radius 2 is 2.40 bits per heavy atom. The number of amides is 2. The van der Waals surface area contributed by atoms with Crippen LogP contribution in [0.25, 0.3) is 0 Å². The first-order chi connectivity index (χ1) is 7.20. The lowest BCUT2D eigenvalue weighted by Gasteiger charge is -2.26. The lowest BCUT2D eigenvalue weighted by molar-refractivity contribution is 0.215. The number of carbonyl (C=O) groups is 1. The molecule has 2 heterocycles. The highest BCUT2D eigenvalue weighted by molar-refractivity contribution is 5.76. The van der Waals surface area contributed by atoms with Crippen LogP contribution < -0.4 is 16.0 Å². The molecule has 0 saturated carbocycles. The van der Waals surface area contributed by atoms with E-state index in [0.717, 1.165) is 39.3 Å². The molecule has 2 aliphatic rings. The van der Waals surface area contributed by atoms with E-state index >= 15 is 0 Å². The van der Waals surface area contributed by atoms with Crippen LogP contribution in [0.1, 0.15) is 13.3 Å². The zero-order valence-electron chi connectivity index (χ0n) is 9.31. The topological polar surface area (TPSA) is 56.4 Å². The summed E-state index contributed by atoms with van der Waals surface area (Å²) in [5.41, 5.74) is 0.218. The van der Waals surface area contributed by atoms with Crippen molar-refractivity contribution in [1.82, 2.24) is 20.9 Å². The Labute approximate surface area is 90.6 Å². The lowest BCUT2D eigenvalue weighted by atomic mass is 10.0. The molecule has 0 aromatic carbocycles. The summed E-state index contributed by atoms with van der Waals surface area (Å²) in [4.78, 5) is 13.1. The number of nitrogens with zero attached hydrogens (tertiary/aromatic N) is 1. The lowest BCUT2D eigenvalue weighted by Crippen LogP contribution is -2.47. The standard InChI is InChI=1S/C10H20N4O/c1-10(2-3-11-8-10)13-5-7-14-6-4-12-9(14)15/h11,13H,2-8H2,1H3,(H,12,15). The maximum absolute atomic E-state index is 11.3. The van der Waals surface area contributed by atoms with Gasteiger partial charge in [-0.1, -0.05) is 0 Å². The summed E-state index contributed by atoms with van der Waals surface area (Å²) in [5, 5.41) is 9.67. The first-order valence-electron chi connectivity index (χ1n) is 5.68. The first-order valence-corrected chi connectivity index (χ1v) is 5.68. The van der Waals surface area contributed by atoms with Crippen molar-refractivity contribution in [3.05, 3.63) is 0 Å². The molecule has 2 aliphatic heterocycles. The molecule has 5 nitrogen and oxygen atoms in total. The molecule has 2 amide bonds. The number of nitrogens with one attached hydrogen (secondary N) is 3. The average molecular weight is 212 g/mol. The molecule has 0 spiro atoms. The number of urea groups is 1. The second kappa shape index (κ2) is 4.37. The number of carbonyl (C=O) groups excluding carboxylic acids is 1. The fourth-order valence-corrected chi connectivity index (χ4v) is 2.18. The quantitative estimate of drug-likeness (QED) is 0.580. The second-order valence-corrected chi connectivity index (χ2v) is 4.63. The highest BCUT2D eigenvalue weighted by Crippen LogP contribution is 2.12. The van der Waals surface area contributed by atoms with Gasteiger partial charge in [-0.05, 0) is 19.9 Å². The minimum Gasteiger partial charge on any atom is -0.336 e. The minimum absolute atomic E-state index is 0.0755. The smallest absolute Gasteiger partial charge is 0.317 e. The Bertz CT molecular complexity index is 238. The predicted molar refractivity (Wildman–Crippen MR) is 58.9 cm³/mol. The molecule has 1 atom stereocenters. The highest BCUT2D eigenvalue weighted by Gasteiger charge is 2.28. The van der Waals surface area contributed by atoms with Crippen molar-refractivity contribution in [2.75, 3.05) is 39.3 Å². The van der Waals surface area contributed by atoms with Crippen molar-refractivity contribution < 1.29 is 4.79 Å². The van der Waals surface area contributed by atoms with E-state index in [2.05, 4.69) is 22.9 Å². The van der Waals surface area contributed by atoms with Crippen LogP contribution >= 0.6 is 0 Å². The molecule has 0 bridgehead atoms. The molecule has 0 radical (unpaired) electrons. The molecule has 3 N–H and O–H groups in total. The third kappa shape index (κ3) is 2.60.